The van der Waals surface area contributed by atoms with Crippen molar-refractivity contribution in [2.75, 3.05) is 17.4 Å². The van der Waals surface area contributed by atoms with Crippen molar-refractivity contribution in [3.63, 3.8) is 0 Å². The molecule has 1 N–H and O–H groups in total. The third-order valence-electron chi connectivity index (χ3n) is 6.47. The lowest BCUT2D eigenvalue weighted by molar-refractivity contribution is -0.139. The van der Waals surface area contributed by atoms with Gasteiger partial charge in [-0.25, -0.2) is 8.42 Å². The second-order valence-electron chi connectivity index (χ2n) is 9.59. The van der Waals surface area contributed by atoms with E-state index >= 15 is 0 Å². The second-order valence-corrected chi connectivity index (χ2v) is 11.9. The molecular weight excluding hydrogens is 534 g/mol. The van der Waals surface area contributed by atoms with Crippen molar-refractivity contribution in [2.45, 2.75) is 58.0 Å². The minimum Gasteiger partial charge on any atom is -0.354 e. The van der Waals surface area contributed by atoms with Gasteiger partial charge in [0.05, 0.1) is 10.6 Å². The maximum absolute atomic E-state index is 14.0. The first-order valence-corrected chi connectivity index (χ1v) is 14.8. The Kier molecular flexibility index (Phi) is 10.5. The van der Waals surface area contributed by atoms with Gasteiger partial charge in [0.15, 0.2) is 0 Å². The number of unbranched alkanes of at least 4 members (excludes halogenated alkanes) is 1. The number of rotatable bonds is 12. The second kappa shape index (κ2) is 13.6. The molecule has 0 fully saturated rings. The van der Waals surface area contributed by atoms with E-state index in [1.165, 1.54) is 17.0 Å². The molecular formula is C30H36ClN3O4S. The molecule has 0 saturated heterocycles. The molecule has 0 aliphatic carbocycles. The molecule has 0 aliphatic heterocycles. The molecule has 0 unspecified atom stereocenters. The molecule has 3 aromatic rings. The zero-order valence-corrected chi connectivity index (χ0v) is 24.4. The normalized spacial score (nSPS) is 12.0. The lowest BCUT2D eigenvalue weighted by atomic mass is 10.1. The fraction of sp³-hybridized carbons (Fsp3) is 0.333. The summed E-state index contributed by atoms with van der Waals surface area (Å²) in [7, 11) is -4.10. The standard InChI is InChI=1S/C30H36ClN3O4S/c1-5-6-17-32-30(36)24(4)33(20-25-11-10-12-26(31)19-25)29(35)21-34(28-16-15-22(2)18-23(28)3)39(37,38)27-13-8-7-9-14-27/h7-16,18-19,24H,5-6,17,20-21H2,1-4H3,(H,32,36)/t24-/m1/s1. The maximum Gasteiger partial charge on any atom is 0.264 e. The minimum absolute atomic E-state index is 0.0736. The van der Waals surface area contributed by atoms with Crippen LogP contribution >= 0.6 is 11.6 Å². The first-order valence-electron chi connectivity index (χ1n) is 13.0. The van der Waals surface area contributed by atoms with Gasteiger partial charge in [0.25, 0.3) is 10.0 Å². The fourth-order valence-corrected chi connectivity index (χ4v) is 5.98. The molecule has 0 spiro atoms. The number of hydrogen-bond donors (Lipinski definition) is 1. The number of carbonyl (C=O) groups excluding carboxylic acids is 2. The Morgan fingerprint density at radius 3 is 2.33 bits per heavy atom. The van der Waals surface area contributed by atoms with Gasteiger partial charge < -0.3 is 10.2 Å². The average molecular weight is 570 g/mol. The molecule has 0 bridgehead atoms. The Labute approximate surface area is 236 Å². The first kappa shape index (κ1) is 30.2. The van der Waals surface area contributed by atoms with Gasteiger partial charge >= 0.3 is 0 Å². The van der Waals surface area contributed by atoms with E-state index < -0.39 is 28.5 Å². The van der Waals surface area contributed by atoms with Gasteiger partial charge in [-0.2, -0.15) is 0 Å². The molecule has 0 heterocycles. The highest BCUT2D eigenvalue weighted by molar-refractivity contribution is 7.92. The van der Waals surface area contributed by atoms with Crippen molar-refractivity contribution >= 4 is 39.1 Å². The van der Waals surface area contributed by atoms with Crippen molar-refractivity contribution in [3.8, 4) is 0 Å². The summed E-state index contributed by atoms with van der Waals surface area (Å²) in [6, 6.07) is 19.6. The van der Waals surface area contributed by atoms with Crippen molar-refractivity contribution in [3.05, 3.63) is 94.5 Å². The van der Waals surface area contributed by atoms with Crippen LogP contribution in [0.3, 0.4) is 0 Å². The molecule has 3 aromatic carbocycles. The molecule has 3 rings (SSSR count). The number of sulfonamides is 1. The smallest absolute Gasteiger partial charge is 0.264 e. The van der Waals surface area contributed by atoms with Crippen LogP contribution < -0.4 is 9.62 Å². The van der Waals surface area contributed by atoms with Gasteiger partial charge in [0.1, 0.15) is 12.6 Å². The molecule has 9 heteroatoms. The zero-order valence-electron chi connectivity index (χ0n) is 22.9. The van der Waals surface area contributed by atoms with E-state index in [-0.39, 0.29) is 17.3 Å². The highest BCUT2D eigenvalue weighted by atomic mass is 35.5. The van der Waals surface area contributed by atoms with Crippen molar-refractivity contribution in [2.24, 2.45) is 0 Å². The summed E-state index contributed by atoms with van der Waals surface area (Å²) in [5.74, 6) is -0.810. The summed E-state index contributed by atoms with van der Waals surface area (Å²) in [5, 5.41) is 3.38. The maximum atomic E-state index is 14.0. The minimum atomic E-state index is -4.10. The quantitative estimate of drug-likeness (QED) is 0.292. The number of aryl methyl sites for hydroxylation is 2. The third kappa shape index (κ3) is 7.83. The summed E-state index contributed by atoms with van der Waals surface area (Å²) in [5.41, 5.74) is 2.82. The summed E-state index contributed by atoms with van der Waals surface area (Å²) in [4.78, 5) is 28.5. The predicted octanol–water partition coefficient (Wildman–Crippen LogP) is 5.49. The molecule has 39 heavy (non-hydrogen) atoms. The van der Waals surface area contributed by atoms with Gasteiger partial charge in [-0.1, -0.05) is 73.0 Å². The van der Waals surface area contributed by atoms with Crippen LogP contribution in [-0.4, -0.2) is 44.3 Å². The van der Waals surface area contributed by atoms with Gasteiger partial charge in [-0.05, 0) is 68.7 Å². The Balaban J connectivity index is 2.02. The number of nitrogens with one attached hydrogen (secondary N) is 1. The average Bonchev–Trinajstić information content (AvgIpc) is 2.91. The van der Waals surface area contributed by atoms with Crippen LogP contribution in [0.2, 0.25) is 5.02 Å². The predicted molar refractivity (Wildman–Crippen MR) is 156 cm³/mol. The van der Waals surface area contributed by atoms with Crippen molar-refractivity contribution in [1.29, 1.82) is 0 Å². The highest BCUT2D eigenvalue weighted by Gasteiger charge is 2.33. The fourth-order valence-electron chi connectivity index (χ4n) is 4.27. The number of nitrogens with zero attached hydrogens (tertiary/aromatic N) is 2. The van der Waals surface area contributed by atoms with Crippen LogP contribution in [-0.2, 0) is 26.2 Å². The summed E-state index contributed by atoms with van der Waals surface area (Å²) >= 11 is 6.19. The number of benzene rings is 3. The van der Waals surface area contributed by atoms with Gasteiger partial charge in [-0.15, -0.1) is 0 Å². The van der Waals surface area contributed by atoms with Crippen LogP contribution in [0.4, 0.5) is 5.69 Å². The van der Waals surface area contributed by atoms with Crippen LogP contribution in [0.25, 0.3) is 0 Å². The van der Waals surface area contributed by atoms with Crippen LogP contribution in [0, 0.1) is 13.8 Å². The van der Waals surface area contributed by atoms with Crippen molar-refractivity contribution < 1.29 is 18.0 Å². The Hall–Kier alpha value is -3.36. The molecule has 0 radical (unpaired) electrons. The third-order valence-corrected chi connectivity index (χ3v) is 8.48. The summed E-state index contributed by atoms with van der Waals surface area (Å²) < 4.78 is 28.9. The van der Waals surface area contributed by atoms with E-state index in [2.05, 4.69) is 5.32 Å². The molecule has 208 valence electrons. The lowest BCUT2D eigenvalue weighted by Gasteiger charge is -2.32. The summed E-state index contributed by atoms with van der Waals surface area (Å²) in [6.07, 6.45) is 1.73. The number of anilines is 1. The molecule has 1 atom stereocenters. The van der Waals surface area contributed by atoms with E-state index in [0.29, 0.717) is 22.8 Å². The summed E-state index contributed by atoms with van der Waals surface area (Å²) in [6.45, 7) is 7.52. The van der Waals surface area contributed by atoms with Crippen LogP contribution in [0.5, 0.6) is 0 Å². The Morgan fingerprint density at radius 1 is 0.974 bits per heavy atom. The van der Waals surface area contributed by atoms with Gasteiger partial charge in [-0.3, -0.25) is 13.9 Å². The first-order chi connectivity index (χ1) is 18.5. The van der Waals surface area contributed by atoms with Crippen molar-refractivity contribution in [1.82, 2.24) is 10.2 Å². The van der Waals surface area contributed by atoms with E-state index in [4.69, 9.17) is 11.6 Å². The molecule has 7 nitrogen and oxygen atoms in total. The zero-order chi connectivity index (χ0) is 28.6. The lowest BCUT2D eigenvalue weighted by Crippen LogP contribution is -2.51. The van der Waals surface area contributed by atoms with E-state index in [0.717, 1.165) is 28.3 Å². The molecule has 0 saturated carbocycles. The SMILES string of the molecule is CCCCNC(=O)[C@@H](C)N(Cc1cccc(Cl)c1)C(=O)CN(c1ccc(C)cc1C)S(=O)(=O)c1ccccc1. The van der Waals surface area contributed by atoms with Gasteiger partial charge in [0.2, 0.25) is 11.8 Å². The Morgan fingerprint density at radius 2 is 1.69 bits per heavy atom. The number of halogens is 1. The number of carbonyl (C=O) groups is 2. The van der Waals surface area contributed by atoms with Crippen LogP contribution in [0.1, 0.15) is 43.4 Å². The highest BCUT2D eigenvalue weighted by Crippen LogP contribution is 2.28. The molecule has 0 aromatic heterocycles. The number of amides is 2. The van der Waals surface area contributed by atoms with Crippen LogP contribution in [0.15, 0.2) is 77.7 Å². The van der Waals surface area contributed by atoms with E-state index in [1.807, 2.05) is 39.0 Å². The topological polar surface area (TPSA) is 86.8 Å². The van der Waals surface area contributed by atoms with Gasteiger partial charge in [0, 0.05) is 18.1 Å². The Bertz CT molecular complexity index is 1400. The molecule has 2 amide bonds. The molecule has 0 aliphatic rings. The van der Waals surface area contributed by atoms with E-state index in [9.17, 15) is 18.0 Å². The monoisotopic (exact) mass is 569 g/mol. The van der Waals surface area contributed by atoms with E-state index in [1.54, 1.807) is 49.4 Å². The largest absolute Gasteiger partial charge is 0.354 e. The number of hydrogen-bond acceptors (Lipinski definition) is 4.